The minimum absolute atomic E-state index is 0.153. The van der Waals surface area contributed by atoms with Crippen molar-refractivity contribution in [2.24, 2.45) is 5.41 Å². The monoisotopic (exact) mass is 306 g/mol. The molecule has 0 aromatic carbocycles. The first-order valence-corrected chi connectivity index (χ1v) is 8.43. The molecule has 0 spiro atoms. The molecule has 0 unspecified atom stereocenters. The van der Waals surface area contributed by atoms with Crippen LogP contribution in [-0.2, 0) is 6.54 Å². The van der Waals surface area contributed by atoms with Crippen molar-refractivity contribution < 1.29 is 9.52 Å². The van der Waals surface area contributed by atoms with Gasteiger partial charge in [-0.1, -0.05) is 6.92 Å². The summed E-state index contributed by atoms with van der Waals surface area (Å²) in [7, 11) is 0. The summed E-state index contributed by atoms with van der Waals surface area (Å²) in [5.74, 6) is 0. The second kappa shape index (κ2) is 6.30. The first-order valence-electron chi connectivity index (χ1n) is 7.55. The molecular weight excluding hydrogens is 284 g/mol. The second-order valence-electron chi connectivity index (χ2n) is 5.94. The summed E-state index contributed by atoms with van der Waals surface area (Å²) in [5.41, 5.74) is 2.33. The Morgan fingerprint density at radius 2 is 2.24 bits per heavy atom. The van der Waals surface area contributed by atoms with Gasteiger partial charge in [-0.3, -0.25) is 4.90 Å². The van der Waals surface area contributed by atoms with Crippen LogP contribution in [0.4, 0.5) is 0 Å². The minimum atomic E-state index is 0.153. The first kappa shape index (κ1) is 14.8. The van der Waals surface area contributed by atoms with Crippen LogP contribution in [-0.4, -0.2) is 34.7 Å². The Hall–Kier alpha value is -1.17. The molecule has 3 rings (SSSR count). The lowest BCUT2D eigenvalue weighted by molar-refractivity contribution is 0.0379. The van der Waals surface area contributed by atoms with Gasteiger partial charge in [0.05, 0.1) is 12.0 Å². The molecule has 21 heavy (non-hydrogen) atoms. The molecule has 0 atom stereocenters. The summed E-state index contributed by atoms with van der Waals surface area (Å²) in [6.45, 7) is 5.50. The van der Waals surface area contributed by atoms with E-state index in [-0.39, 0.29) is 5.41 Å². The van der Waals surface area contributed by atoms with E-state index >= 15 is 0 Å². The maximum atomic E-state index is 9.59. The Kier molecular flexibility index (Phi) is 4.42. The van der Waals surface area contributed by atoms with Crippen molar-refractivity contribution >= 4 is 11.3 Å². The van der Waals surface area contributed by atoms with Crippen LogP contribution in [0.2, 0.25) is 0 Å². The van der Waals surface area contributed by atoms with E-state index in [4.69, 9.17) is 9.40 Å². The molecule has 0 bridgehead atoms. The first-order chi connectivity index (χ1) is 10.2. The van der Waals surface area contributed by atoms with Crippen LogP contribution in [0, 0.1) is 5.41 Å². The van der Waals surface area contributed by atoms with Crippen molar-refractivity contribution in [1.29, 1.82) is 0 Å². The number of thiazole rings is 1. The molecule has 1 aliphatic heterocycles. The van der Waals surface area contributed by atoms with Gasteiger partial charge in [0.2, 0.25) is 0 Å². The van der Waals surface area contributed by atoms with Gasteiger partial charge in [-0.2, -0.15) is 0 Å². The van der Waals surface area contributed by atoms with Crippen LogP contribution in [0.15, 0.2) is 28.4 Å². The lowest BCUT2D eigenvalue weighted by atomic mass is 9.77. The normalized spacial score (nSPS) is 19.0. The van der Waals surface area contributed by atoms with E-state index in [1.807, 2.05) is 6.07 Å². The van der Waals surface area contributed by atoms with E-state index in [1.165, 1.54) is 0 Å². The van der Waals surface area contributed by atoms with Gasteiger partial charge >= 0.3 is 0 Å². The number of likely N-dealkylation sites (tertiary alicyclic amines) is 1. The van der Waals surface area contributed by atoms with Gasteiger partial charge in [-0.25, -0.2) is 4.98 Å². The van der Waals surface area contributed by atoms with Crippen LogP contribution in [0.25, 0.3) is 10.6 Å². The van der Waals surface area contributed by atoms with E-state index in [0.717, 1.165) is 55.2 Å². The third-order valence-electron chi connectivity index (χ3n) is 4.71. The van der Waals surface area contributed by atoms with Crippen molar-refractivity contribution in [2.75, 3.05) is 19.7 Å². The number of hydrogen-bond acceptors (Lipinski definition) is 5. The van der Waals surface area contributed by atoms with Crippen LogP contribution in [0.1, 0.15) is 31.9 Å². The zero-order chi connectivity index (χ0) is 14.7. The van der Waals surface area contributed by atoms with E-state index in [2.05, 4.69) is 17.2 Å². The average Bonchev–Trinajstić information content (AvgIpc) is 3.19. The van der Waals surface area contributed by atoms with Gasteiger partial charge in [-0.15, -0.1) is 11.3 Å². The summed E-state index contributed by atoms with van der Waals surface area (Å²) in [6, 6.07) is 1.94. The van der Waals surface area contributed by atoms with Crippen LogP contribution < -0.4 is 0 Å². The Morgan fingerprint density at radius 1 is 1.43 bits per heavy atom. The fourth-order valence-electron chi connectivity index (χ4n) is 2.94. The highest BCUT2D eigenvalue weighted by molar-refractivity contribution is 7.13. The van der Waals surface area contributed by atoms with Crippen LogP contribution in [0.5, 0.6) is 0 Å². The van der Waals surface area contributed by atoms with Gasteiger partial charge < -0.3 is 9.52 Å². The Labute approximate surface area is 129 Å². The number of aromatic nitrogens is 1. The van der Waals surface area contributed by atoms with Crippen molar-refractivity contribution in [3.05, 3.63) is 29.7 Å². The van der Waals surface area contributed by atoms with Crippen molar-refractivity contribution in [3.8, 4) is 10.6 Å². The Morgan fingerprint density at radius 3 is 2.86 bits per heavy atom. The van der Waals surface area contributed by atoms with Gasteiger partial charge in [-0.05, 0) is 43.8 Å². The third kappa shape index (κ3) is 3.20. The van der Waals surface area contributed by atoms with E-state index in [9.17, 15) is 5.11 Å². The highest BCUT2D eigenvalue weighted by atomic mass is 32.1. The number of furan rings is 1. The molecule has 2 aromatic heterocycles. The maximum Gasteiger partial charge on any atom is 0.126 e. The van der Waals surface area contributed by atoms with Gasteiger partial charge in [0.1, 0.15) is 11.3 Å². The summed E-state index contributed by atoms with van der Waals surface area (Å²) >= 11 is 1.67. The summed E-state index contributed by atoms with van der Waals surface area (Å²) in [6.07, 6.45) is 6.65. The molecule has 4 nitrogen and oxygen atoms in total. The highest BCUT2D eigenvalue weighted by Gasteiger charge is 2.32. The zero-order valence-corrected chi connectivity index (χ0v) is 13.2. The largest absolute Gasteiger partial charge is 0.472 e. The zero-order valence-electron chi connectivity index (χ0n) is 12.4. The highest BCUT2D eigenvalue weighted by Crippen LogP contribution is 2.34. The number of piperidine rings is 1. The summed E-state index contributed by atoms with van der Waals surface area (Å²) in [5, 5.41) is 12.7. The van der Waals surface area contributed by atoms with Gasteiger partial charge in [0.25, 0.3) is 0 Å². The topological polar surface area (TPSA) is 49.5 Å². The number of aliphatic hydroxyl groups excluding tert-OH is 1. The van der Waals surface area contributed by atoms with E-state index < -0.39 is 0 Å². The standard InChI is InChI=1S/C16H22N2O2S/c1-2-16(12-19)4-6-18(7-5-16)9-14-11-21-15(17-14)13-3-8-20-10-13/h3,8,10-11,19H,2,4-7,9,12H2,1H3. The predicted molar refractivity (Wildman–Crippen MR) is 84.1 cm³/mol. The molecule has 3 heterocycles. The summed E-state index contributed by atoms with van der Waals surface area (Å²) < 4.78 is 5.11. The maximum absolute atomic E-state index is 9.59. The molecule has 1 N–H and O–H groups in total. The van der Waals surface area contributed by atoms with Crippen molar-refractivity contribution in [1.82, 2.24) is 9.88 Å². The van der Waals surface area contributed by atoms with E-state index in [1.54, 1.807) is 23.9 Å². The molecule has 0 saturated carbocycles. The van der Waals surface area contributed by atoms with Crippen LogP contribution >= 0.6 is 11.3 Å². The number of rotatable bonds is 5. The number of nitrogens with zero attached hydrogens (tertiary/aromatic N) is 2. The molecule has 5 heteroatoms. The SMILES string of the molecule is CCC1(CO)CCN(Cc2csc(-c3ccoc3)n2)CC1. The third-order valence-corrected chi connectivity index (χ3v) is 5.65. The lowest BCUT2D eigenvalue weighted by Gasteiger charge is -2.40. The van der Waals surface area contributed by atoms with Crippen molar-refractivity contribution in [2.45, 2.75) is 32.7 Å². The van der Waals surface area contributed by atoms with Crippen LogP contribution in [0.3, 0.4) is 0 Å². The molecule has 0 aliphatic carbocycles. The van der Waals surface area contributed by atoms with E-state index in [0.29, 0.717) is 6.61 Å². The van der Waals surface area contributed by atoms with Crippen molar-refractivity contribution in [3.63, 3.8) is 0 Å². The number of hydrogen-bond donors (Lipinski definition) is 1. The fourth-order valence-corrected chi connectivity index (χ4v) is 3.73. The van der Waals surface area contributed by atoms with Gasteiger partial charge in [0.15, 0.2) is 0 Å². The quantitative estimate of drug-likeness (QED) is 0.920. The molecule has 0 amide bonds. The fraction of sp³-hybridized carbons (Fsp3) is 0.562. The Balaban J connectivity index is 1.59. The average molecular weight is 306 g/mol. The Bertz CT molecular complexity index is 551. The summed E-state index contributed by atoms with van der Waals surface area (Å²) in [4.78, 5) is 7.13. The smallest absolute Gasteiger partial charge is 0.126 e. The molecule has 0 radical (unpaired) electrons. The molecule has 1 saturated heterocycles. The van der Waals surface area contributed by atoms with Gasteiger partial charge in [0, 0.05) is 24.1 Å². The molecular formula is C16H22N2O2S. The molecule has 2 aromatic rings. The number of aliphatic hydroxyl groups is 1. The predicted octanol–water partition coefficient (Wildman–Crippen LogP) is 3.39. The molecule has 1 fully saturated rings. The molecule has 1 aliphatic rings. The molecule has 114 valence electrons. The minimum Gasteiger partial charge on any atom is -0.472 e. The second-order valence-corrected chi connectivity index (χ2v) is 6.80. The lowest BCUT2D eigenvalue weighted by Crippen LogP contribution is -2.41.